The minimum Gasteiger partial charge on any atom is -0.397 e. The fourth-order valence-corrected chi connectivity index (χ4v) is 3.10. The van der Waals surface area contributed by atoms with Gasteiger partial charge in [0, 0.05) is 5.92 Å². The van der Waals surface area contributed by atoms with E-state index in [0.717, 1.165) is 24.1 Å². The number of nitrogens with two attached hydrogens (primary N) is 1. The zero-order chi connectivity index (χ0) is 12.7. The lowest BCUT2D eigenvalue weighted by Gasteiger charge is -2.18. The Hall–Kier alpha value is -1.77. The molecule has 0 radical (unpaired) electrons. The summed E-state index contributed by atoms with van der Waals surface area (Å²) in [5.74, 6) is 1.28. The maximum absolute atomic E-state index is 12.2. The van der Waals surface area contributed by atoms with E-state index in [4.69, 9.17) is 5.73 Å². The van der Waals surface area contributed by atoms with Gasteiger partial charge < -0.3 is 11.1 Å². The minimum atomic E-state index is 0.113. The lowest BCUT2D eigenvalue weighted by molar-refractivity contribution is -0.120. The Morgan fingerprint density at radius 2 is 2.17 bits per heavy atom. The van der Waals surface area contributed by atoms with E-state index in [2.05, 4.69) is 17.5 Å². The van der Waals surface area contributed by atoms with Crippen molar-refractivity contribution in [3.05, 3.63) is 35.9 Å². The molecule has 3 rings (SSSR count). The molecule has 0 saturated heterocycles. The monoisotopic (exact) mass is 242 g/mol. The van der Waals surface area contributed by atoms with E-state index in [1.165, 1.54) is 0 Å². The first-order chi connectivity index (χ1) is 8.63. The van der Waals surface area contributed by atoms with Crippen LogP contribution in [0.25, 0.3) is 0 Å². The summed E-state index contributed by atoms with van der Waals surface area (Å²) in [6.45, 7) is 1.99. The van der Waals surface area contributed by atoms with Crippen molar-refractivity contribution in [3.8, 4) is 0 Å². The molecule has 1 aromatic rings. The Balaban J connectivity index is 1.73. The highest BCUT2D eigenvalue weighted by molar-refractivity contribution is 5.96. The first-order valence-electron chi connectivity index (χ1n) is 6.49. The highest BCUT2D eigenvalue weighted by Crippen LogP contribution is 2.43. The van der Waals surface area contributed by atoms with Gasteiger partial charge in [0.25, 0.3) is 0 Å². The van der Waals surface area contributed by atoms with Crippen LogP contribution in [0.2, 0.25) is 0 Å². The number of hydrogen-bond donors (Lipinski definition) is 2. The largest absolute Gasteiger partial charge is 0.397 e. The Morgan fingerprint density at radius 1 is 1.33 bits per heavy atom. The third-order valence-electron chi connectivity index (χ3n) is 4.08. The van der Waals surface area contributed by atoms with Crippen molar-refractivity contribution >= 4 is 17.3 Å². The van der Waals surface area contributed by atoms with Crippen molar-refractivity contribution in [1.29, 1.82) is 0 Å². The first-order valence-corrected chi connectivity index (χ1v) is 6.49. The van der Waals surface area contributed by atoms with Crippen LogP contribution in [0, 0.1) is 24.7 Å². The van der Waals surface area contributed by atoms with Gasteiger partial charge in [0.2, 0.25) is 5.91 Å². The summed E-state index contributed by atoms with van der Waals surface area (Å²) >= 11 is 0. The van der Waals surface area contributed by atoms with Gasteiger partial charge in [0.15, 0.2) is 0 Å². The van der Waals surface area contributed by atoms with Crippen molar-refractivity contribution in [3.63, 3.8) is 0 Å². The molecule has 0 aliphatic heterocycles. The molecule has 2 aliphatic rings. The van der Waals surface area contributed by atoms with E-state index < -0.39 is 0 Å². The van der Waals surface area contributed by atoms with E-state index in [9.17, 15) is 4.79 Å². The molecule has 1 amide bonds. The molecule has 3 atom stereocenters. The predicted octanol–water partition coefficient (Wildman–Crippen LogP) is 2.73. The molecule has 1 saturated carbocycles. The summed E-state index contributed by atoms with van der Waals surface area (Å²) in [7, 11) is 0. The zero-order valence-electron chi connectivity index (χ0n) is 10.5. The van der Waals surface area contributed by atoms with Crippen molar-refractivity contribution < 1.29 is 4.79 Å². The molecule has 1 fully saturated rings. The molecule has 94 valence electrons. The molecule has 18 heavy (non-hydrogen) atoms. The van der Waals surface area contributed by atoms with Gasteiger partial charge in [-0.05, 0) is 49.3 Å². The molecule has 3 N–H and O–H groups in total. The molecule has 0 heterocycles. The number of anilines is 2. The second kappa shape index (κ2) is 4.16. The first kappa shape index (κ1) is 11.3. The second-order valence-corrected chi connectivity index (χ2v) is 5.47. The van der Waals surface area contributed by atoms with Gasteiger partial charge in [-0.15, -0.1) is 0 Å². The van der Waals surface area contributed by atoms with Gasteiger partial charge in [-0.2, -0.15) is 0 Å². The van der Waals surface area contributed by atoms with Crippen molar-refractivity contribution in [1.82, 2.24) is 0 Å². The van der Waals surface area contributed by atoms with E-state index in [1.54, 1.807) is 0 Å². The summed E-state index contributed by atoms with van der Waals surface area (Å²) in [5, 5.41) is 2.97. The molecule has 1 aromatic carbocycles. The number of hydrogen-bond acceptors (Lipinski definition) is 2. The number of rotatable bonds is 2. The standard InChI is InChI=1S/C15H18N2O/c1-9-2-5-14(13(16)6-9)17-15(18)12-8-10-3-4-11(12)7-10/h2-6,10-12H,7-8,16H2,1H3,(H,17,18). The second-order valence-electron chi connectivity index (χ2n) is 5.47. The van der Waals surface area contributed by atoms with Gasteiger partial charge in [0.1, 0.15) is 0 Å². The Kier molecular flexibility index (Phi) is 2.62. The van der Waals surface area contributed by atoms with Gasteiger partial charge in [-0.3, -0.25) is 4.79 Å². The topological polar surface area (TPSA) is 55.1 Å². The van der Waals surface area contributed by atoms with Crippen LogP contribution < -0.4 is 11.1 Å². The van der Waals surface area contributed by atoms with E-state index in [0.29, 0.717) is 17.5 Å². The molecule has 0 aromatic heterocycles. The highest BCUT2D eigenvalue weighted by atomic mass is 16.1. The zero-order valence-corrected chi connectivity index (χ0v) is 10.5. The number of benzene rings is 1. The molecular formula is C15H18N2O. The molecule has 2 aliphatic carbocycles. The third kappa shape index (κ3) is 1.90. The number of amides is 1. The fraction of sp³-hybridized carbons (Fsp3) is 0.400. The van der Waals surface area contributed by atoms with Crippen LogP contribution in [0.3, 0.4) is 0 Å². The number of nitrogen functional groups attached to an aromatic ring is 1. The molecule has 3 heteroatoms. The van der Waals surface area contributed by atoms with E-state index >= 15 is 0 Å². The van der Waals surface area contributed by atoms with E-state index in [1.807, 2.05) is 25.1 Å². The van der Waals surface area contributed by atoms with E-state index in [-0.39, 0.29) is 11.8 Å². The average molecular weight is 242 g/mol. The highest BCUT2D eigenvalue weighted by Gasteiger charge is 2.39. The number of allylic oxidation sites excluding steroid dienone is 2. The Morgan fingerprint density at radius 3 is 2.78 bits per heavy atom. The van der Waals surface area contributed by atoms with Gasteiger partial charge in [-0.1, -0.05) is 18.2 Å². The van der Waals surface area contributed by atoms with Crippen LogP contribution in [0.15, 0.2) is 30.4 Å². The van der Waals surface area contributed by atoms with Gasteiger partial charge in [-0.25, -0.2) is 0 Å². The molecule has 3 unspecified atom stereocenters. The smallest absolute Gasteiger partial charge is 0.228 e. The maximum atomic E-state index is 12.2. The minimum absolute atomic E-state index is 0.113. The fourth-order valence-electron chi connectivity index (χ4n) is 3.10. The van der Waals surface area contributed by atoms with Crippen LogP contribution in [0.5, 0.6) is 0 Å². The van der Waals surface area contributed by atoms with Crippen LogP contribution in [-0.4, -0.2) is 5.91 Å². The molecule has 0 spiro atoms. The van der Waals surface area contributed by atoms with Crippen LogP contribution in [0.1, 0.15) is 18.4 Å². The summed E-state index contributed by atoms with van der Waals surface area (Å²) in [6, 6.07) is 5.73. The Labute approximate surface area is 107 Å². The SMILES string of the molecule is Cc1ccc(NC(=O)C2CC3C=CC2C3)c(N)c1. The van der Waals surface area contributed by atoms with Gasteiger partial charge >= 0.3 is 0 Å². The van der Waals surface area contributed by atoms with Crippen LogP contribution >= 0.6 is 0 Å². The van der Waals surface area contributed by atoms with Gasteiger partial charge in [0.05, 0.1) is 11.4 Å². The summed E-state index contributed by atoms with van der Waals surface area (Å²) in [4.78, 5) is 12.2. The summed E-state index contributed by atoms with van der Waals surface area (Å²) < 4.78 is 0. The quantitative estimate of drug-likeness (QED) is 0.619. The van der Waals surface area contributed by atoms with Crippen molar-refractivity contribution in [2.45, 2.75) is 19.8 Å². The molecule has 2 bridgehead atoms. The number of aryl methyl sites for hydroxylation is 1. The molecular weight excluding hydrogens is 224 g/mol. The Bertz CT molecular complexity index is 521. The average Bonchev–Trinajstić information content (AvgIpc) is 2.94. The predicted molar refractivity (Wildman–Crippen MR) is 73.1 cm³/mol. The third-order valence-corrected chi connectivity index (χ3v) is 4.08. The molecule has 3 nitrogen and oxygen atoms in total. The lowest BCUT2D eigenvalue weighted by atomic mass is 9.92. The van der Waals surface area contributed by atoms with Crippen molar-refractivity contribution in [2.24, 2.45) is 17.8 Å². The normalized spacial score (nSPS) is 28.6. The van der Waals surface area contributed by atoms with Crippen molar-refractivity contribution in [2.75, 3.05) is 11.1 Å². The van der Waals surface area contributed by atoms with Crippen LogP contribution in [-0.2, 0) is 4.79 Å². The summed E-state index contributed by atoms with van der Waals surface area (Å²) in [5.41, 5.74) is 8.39. The summed E-state index contributed by atoms with van der Waals surface area (Å²) in [6.07, 6.45) is 6.56. The number of carbonyl (C=O) groups is 1. The van der Waals surface area contributed by atoms with Crippen LogP contribution in [0.4, 0.5) is 11.4 Å². The lowest BCUT2D eigenvalue weighted by Crippen LogP contribution is -2.26. The maximum Gasteiger partial charge on any atom is 0.228 e. The number of carbonyl (C=O) groups excluding carboxylic acids is 1. The number of fused-ring (bicyclic) bond motifs is 2. The number of nitrogens with one attached hydrogen (secondary N) is 1.